The van der Waals surface area contributed by atoms with E-state index in [9.17, 15) is 4.79 Å². The smallest absolute Gasteiger partial charge is 0.330 e. The minimum absolute atomic E-state index is 0.179. The fraction of sp³-hybridized carbons (Fsp3) is 0. The van der Waals surface area contributed by atoms with Crippen LogP contribution in [0.2, 0.25) is 1.43 Å². The molecule has 64 valence electrons. The number of ketones is 1. The van der Waals surface area contributed by atoms with Crippen molar-refractivity contribution in [2.45, 2.75) is 0 Å². The summed E-state index contributed by atoms with van der Waals surface area (Å²) in [4.78, 5) is 11.4. The summed E-state index contributed by atoms with van der Waals surface area (Å²) in [6.07, 6.45) is 3.14. The van der Waals surface area contributed by atoms with Crippen LogP contribution in [-0.2, 0) is 4.79 Å². The summed E-state index contributed by atoms with van der Waals surface area (Å²) in [6, 6.07) is 7.33. The van der Waals surface area contributed by atoms with Gasteiger partial charge < -0.3 is 5.21 Å². The van der Waals surface area contributed by atoms with E-state index in [0.717, 1.165) is 5.56 Å². The van der Waals surface area contributed by atoms with Crippen LogP contribution in [0, 0.1) is 0 Å². The Hall–Kier alpha value is -1.90. The Morgan fingerprint density at radius 2 is 2.15 bits per heavy atom. The summed E-state index contributed by atoms with van der Waals surface area (Å²) in [6.45, 7) is 0. The maximum atomic E-state index is 11.4. The number of nitrogens with zero attached hydrogens (tertiary/aromatic N) is 1. The number of hydrogen-bond acceptors (Lipinski definition) is 3. The van der Waals surface area contributed by atoms with E-state index in [1.165, 1.54) is 6.08 Å². The van der Waals surface area contributed by atoms with Gasteiger partial charge >= 0.3 is 1.43 Å². The summed E-state index contributed by atoms with van der Waals surface area (Å²) in [7, 11) is 0. The fourth-order valence-electron chi connectivity index (χ4n) is 1.33. The first-order valence-corrected chi connectivity index (χ1v) is 3.85. The van der Waals surface area contributed by atoms with Gasteiger partial charge in [0, 0.05) is 5.56 Å². The number of benzene rings is 1. The average molecular weight is 174 g/mol. The molecule has 2 rings (SSSR count). The molecule has 1 aliphatic rings. The van der Waals surface area contributed by atoms with Crippen LogP contribution in [0.4, 0.5) is 0 Å². The van der Waals surface area contributed by atoms with Gasteiger partial charge in [0.05, 0.1) is 0 Å². The van der Waals surface area contributed by atoms with Gasteiger partial charge in [0.1, 0.15) is 0 Å². The summed E-state index contributed by atoms with van der Waals surface area (Å²) in [5, 5.41) is 7.28. The predicted molar refractivity (Wildman–Crippen MR) is 48.8 cm³/mol. The standard InChI is InChI=1S/C10H7NO2/c12-9-6-5-7-3-1-2-4-8(7)10(9)11-13/h1-6,13H/b11-10-/i/hD. The van der Waals surface area contributed by atoms with Crippen LogP contribution in [0.3, 0.4) is 0 Å². The molecule has 1 aliphatic carbocycles. The van der Waals surface area contributed by atoms with Crippen LogP contribution in [0.25, 0.3) is 6.08 Å². The molecule has 1 aromatic rings. The van der Waals surface area contributed by atoms with Gasteiger partial charge in [-0.1, -0.05) is 35.5 Å². The van der Waals surface area contributed by atoms with Crippen molar-refractivity contribution < 1.29 is 11.4 Å². The normalized spacial score (nSPS) is 18.3. The lowest BCUT2D eigenvalue weighted by atomic mass is 9.95. The summed E-state index contributed by atoms with van der Waals surface area (Å²) < 4.78 is 6.51. The van der Waals surface area contributed by atoms with Crippen LogP contribution in [-0.4, -0.2) is 16.7 Å². The fourth-order valence-corrected chi connectivity index (χ4v) is 1.33. The lowest BCUT2D eigenvalue weighted by Gasteiger charge is -2.09. The minimum atomic E-state index is -0.240. The van der Waals surface area contributed by atoms with E-state index < -0.39 is 0 Å². The van der Waals surface area contributed by atoms with Gasteiger partial charge in [-0.15, -0.1) is 0 Å². The summed E-state index contributed by atoms with van der Waals surface area (Å²) in [5.74, 6) is -0.240. The van der Waals surface area contributed by atoms with Gasteiger partial charge in [0.25, 0.3) is 0 Å². The summed E-state index contributed by atoms with van der Waals surface area (Å²) >= 11 is 0. The zero-order chi connectivity index (χ0) is 9.97. The third-order valence-electron chi connectivity index (χ3n) is 1.95. The van der Waals surface area contributed by atoms with Crippen LogP contribution in [0.15, 0.2) is 35.5 Å². The Morgan fingerprint density at radius 3 is 3.00 bits per heavy atom. The van der Waals surface area contributed by atoms with E-state index in [0.29, 0.717) is 5.56 Å². The number of allylic oxidation sites excluding steroid dienone is 1. The highest BCUT2D eigenvalue weighted by Gasteiger charge is 2.18. The highest BCUT2D eigenvalue weighted by molar-refractivity contribution is 6.52. The first-order valence-electron chi connectivity index (χ1n) is 4.26. The number of oxime groups is 1. The maximum Gasteiger partial charge on any atom is 0.330 e. The topological polar surface area (TPSA) is 49.7 Å². The molecule has 0 radical (unpaired) electrons. The van der Waals surface area contributed by atoms with E-state index in [4.69, 9.17) is 1.43 Å². The van der Waals surface area contributed by atoms with Gasteiger partial charge in [0.2, 0.25) is 5.78 Å². The third-order valence-corrected chi connectivity index (χ3v) is 1.95. The summed E-state index contributed by atoms with van der Waals surface area (Å²) in [5.41, 5.74) is 1.79. The Bertz CT molecular complexity index is 438. The van der Waals surface area contributed by atoms with Crippen molar-refractivity contribution in [1.29, 1.82) is 0 Å². The second kappa shape index (κ2) is 2.86. The molecule has 13 heavy (non-hydrogen) atoms. The molecule has 0 aliphatic heterocycles. The monoisotopic (exact) mass is 174 g/mol. The average Bonchev–Trinajstić information content (AvgIpc) is 2.23. The molecular formula is C10H7NO2. The van der Waals surface area contributed by atoms with Gasteiger partial charge in [-0.2, -0.15) is 0 Å². The second-order valence-corrected chi connectivity index (χ2v) is 2.72. The molecule has 0 heterocycles. The van der Waals surface area contributed by atoms with Gasteiger partial charge in [-0.25, -0.2) is 0 Å². The second-order valence-electron chi connectivity index (χ2n) is 2.72. The Morgan fingerprint density at radius 1 is 1.31 bits per heavy atom. The molecule has 0 aromatic heterocycles. The van der Waals surface area contributed by atoms with Crippen LogP contribution >= 0.6 is 0 Å². The molecule has 0 fully saturated rings. The van der Waals surface area contributed by atoms with Gasteiger partial charge in [-0.3, -0.25) is 4.79 Å². The number of fused-ring (bicyclic) bond motifs is 1. The molecule has 0 bridgehead atoms. The van der Waals surface area contributed by atoms with Crippen LogP contribution in [0.1, 0.15) is 11.1 Å². The molecule has 3 heteroatoms. The van der Waals surface area contributed by atoms with Gasteiger partial charge in [-0.05, 0) is 11.6 Å². The third kappa shape index (κ3) is 1.14. The molecule has 0 atom stereocenters. The largest absolute Gasteiger partial charge is 0.410 e. The molecule has 0 saturated carbocycles. The van der Waals surface area contributed by atoms with Crippen LogP contribution < -0.4 is 0 Å². The van der Waals surface area contributed by atoms with E-state index in [2.05, 4.69) is 10.4 Å². The van der Waals surface area contributed by atoms with Crippen molar-refractivity contribution in [3.63, 3.8) is 0 Å². The predicted octanol–water partition coefficient (Wildman–Crippen LogP) is 1.46. The van der Waals surface area contributed by atoms with E-state index in [-0.39, 0.29) is 11.5 Å². The molecule has 0 unspecified atom stereocenters. The van der Waals surface area contributed by atoms with E-state index in [1.54, 1.807) is 12.1 Å². The molecule has 1 N–H and O–H groups in total. The van der Waals surface area contributed by atoms with Crippen molar-refractivity contribution in [1.82, 2.24) is 0 Å². The first kappa shape index (κ1) is 6.60. The molecule has 0 amide bonds. The molecule has 1 aromatic carbocycles. The van der Waals surface area contributed by atoms with Crippen molar-refractivity contribution in [2.24, 2.45) is 5.16 Å². The van der Waals surface area contributed by atoms with E-state index in [1.807, 2.05) is 18.2 Å². The Labute approximate surface area is 76.5 Å². The zero-order valence-electron chi connectivity index (χ0n) is 7.73. The van der Waals surface area contributed by atoms with Crippen molar-refractivity contribution >= 4 is 17.6 Å². The highest BCUT2D eigenvalue weighted by atomic mass is 16.4. The minimum Gasteiger partial charge on any atom is -0.410 e. The molecule has 0 saturated heterocycles. The van der Waals surface area contributed by atoms with Crippen molar-refractivity contribution in [3.8, 4) is 0 Å². The number of hydrogen-bond donors (Lipinski definition) is 1. The first-order chi connectivity index (χ1) is 6.83. The molecule has 3 nitrogen and oxygen atoms in total. The van der Waals surface area contributed by atoms with Crippen molar-refractivity contribution in [3.05, 3.63) is 41.5 Å². The van der Waals surface area contributed by atoms with Crippen molar-refractivity contribution in [2.75, 3.05) is 0 Å². The Balaban J connectivity index is 2.59. The van der Waals surface area contributed by atoms with E-state index >= 15 is 0 Å². The lowest BCUT2D eigenvalue weighted by molar-refractivity contribution is -0.108. The zero-order valence-corrected chi connectivity index (χ0v) is 6.73. The Kier molecular flexibility index (Phi) is 1.45. The van der Waals surface area contributed by atoms with Gasteiger partial charge in [0.15, 0.2) is 5.71 Å². The maximum absolute atomic E-state index is 11.4. The number of rotatable bonds is 1. The SMILES string of the molecule is [2H]O/N=C1\C(=O)C=Cc2ccccc21. The number of carbonyl (C=O) groups excluding carboxylic acids is 1. The quantitative estimate of drug-likeness (QED) is 0.517. The lowest BCUT2D eigenvalue weighted by Crippen LogP contribution is -2.17. The molecular weight excluding hydrogens is 166 g/mol. The van der Waals surface area contributed by atoms with Crippen LogP contribution in [0.5, 0.6) is 0 Å². The molecule has 0 spiro atoms. The highest BCUT2D eigenvalue weighted by Crippen LogP contribution is 2.17. The number of carbonyl (C=O) groups is 1.